The Kier molecular flexibility index (Phi) is 7.45. The van der Waals surface area contributed by atoms with E-state index in [0.717, 1.165) is 12.0 Å². The maximum Gasteiger partial charge on any atom is 0.269 e. The van der Waals surface area contributed by atoms with Gasteiger partial charge < -0.3 is 0 Å². The molecule has 0 amide bonds. The number of rotatable bonds is 10. The molecule has 206 valence electrons. The standard InChI is InChI=1S/C26H31N7O4S2/c1-3-19-15-20(31-38(34,35)14-6-4-5-12-27)16-22(19)25-30-29-24-17-28-26-23(33(24)25)11-13-32(26)39(36,37)21-9-7-18(2)8-10-21/h7-11,13,17,19-20,22,31H,3-6,14-16H2,1-2H3/t19-,20+,22+/m1/s1. The highest BCUT2D eigenvalue weighted by Crippen LogP contribution is 2.41. The number of nitrogens with one attached hydrogen (secondary N) is 1. The number of nitriles is 1. The Labute approximate surface area is 228 Å². The zero-order valence-electron chi connectivity index (χ0n) is 21.9. The molecule has 1 fully saturated rings. The summed E-state index contributed by atoms with van der Waals surface area (Å²) in [4.78, 5) is 4.58. The molecule has 39 heavy (non-hydrogen) atoms. The lowest BCUT2D eigenvalue weighted by Gasteiger charge is -2.16. The Morgan fingerprint density at radius 2 is 1.85 bits per heavy atom. The minimum absolute atomic E-state index is 0.00420. The van der Waals surface area contributed by atoms with Crippen LogP contribution in [0, 0.1) is 24.2 Å². The van der Waals surface area contributed by atoms with Gasteiger partial charge in [-0.05, 0) is 56.7 Å². The molecule has 0 unspecified atom stereocenters. The molecule has 0 bridgehead atoms. The Morgan fingerprint density at radius 1 is 1.08 bits per heavy atom. The van der Waals surface area contributed by atoms with Crippen LogP contribution in [0.5, 0.6) is 0 Å². The first-order valence-electron chi connectivity index (χ1n) is 13.0. The maximum absolute atomic E-state index is 13.4. The molecule has 1 aliphatic rings. The number of fused-ring (bicyclic) bond motifs is 3. The van der Waals surface area contributed by atoms with E-state index in [1.165, 1.54) is 16.4 Å². The highest BCUT2D eigenvalue weighted by Gasteiger charge is 2.39. The third kappa shape index (κ3) is 5.28. The van der Waals surface area contributed by atoms with E-state index < -0.39 is 20.0 Å². The maximum atomic E-state index is 13.4. The van der Waals surface area contributed by atoms with Crippen LogP contribution in [0.4, 0.5) is 0 Å². The van der Waals surface area contributed by atoms with Gasteiger partial charge in [0.25, 0.3) is 10.0 Å². The van der Waals surface area contributed by atoms with Crippen molar-refractivity contribution in [2.24, 2.45) is 5.92 Å². The molecule has 3 aromatic heterocycles. The molecule has 11 nitrogen and oxygen atoms in total. The number of sulfonamides is 1. The predicted octanol–water partition coefficient (Wildman–Crippen LogP) is 3.51. The van der Waals surface area contributed by atoms with Crippen LogP contribution < -0.4 is 4.72 Å². The summed E-state index contributed by atoms with van der Waals surface area (Å²) in [6.45, 7) is 3.97. The topological polar surface area (TPSA) is 152 Å². The molecule has 3 heterocycles. The van der Waals surface area contributed by atoms with Gasteiger partial charge in [-0.1, -0.05) is 31.0 Å². The monoisotopic (exact) mass is 569 g/mol. The molecule has 13 heteroatoms. The quantitative estimate of drug-likeness (QED) is 0.285. The van der Waals surface area contributed by atoms with Gasteiger partial charge in [-0.3, -0.25) is 4.40 Å². The minimum Gasteiger partial charge on any atom is -0.274 e. The van der Waals surface area contributed by atoms with E-state index in [2.05, 4.69) is 26.8 Å². The van der Waals surface area contributed by atoms with Gasteiger partial charge in [-0.15, -0.1) is 10.2 Å². The van der Waals surface area contributed by atoms with Crippen LogP contribution in [-0.2, 0) is 20.0 Å². The Hall–Kier alpha value is -3.34. The fourth-order valence-corrected chi connectivity index (χ4v) is 8.21. The largest absolute Gasteiger partial charge is 0.274 e. The number of aryl methyl sites for hydroxylation is 1. The van der Waals surface area contributed by atoms with Gasteiger partial charge in [0.15, 0.2) is 11.3 Å². The van der Waals surface area contributed by atoms with Crippen molar-refractivity contribution < 1.29 is 16.8 Å². The first-order chi connectivity index (χ1) is 18.6. The molecular weight excluding hydrogens is 538 g/mol. The van der Waals surface area contributed by atoms with Crippen molar-refractivity contribution in [2.45, 2.75) is 69.2 Å². The molecule has 0 spiro atoms. The lowest BCUT2D eigenvalue weighted by Crippen LogP contribution is -2.34. The smallest absolute Gasteiger partial charge is 0.269 e. The zero-order valence-corrected chi connectivity index (χ0v) is 23.5. The second-order valence-corrected chi connectivity index (χ2v) is 13.8. The summed E-state index contributed by atoms with van der Waals surface area (Å²) in [7, 11) is -7.34. The van der Waals surface area contributed by atoms with Crippen molar-refractivity contribution in [1.82, 2.24) is 28.3 Å². The summed E-state index contributed by atoms with van der Waals surface area (Å²) in [5.41, 5.74) is 2.30. The summed E-state index contributed by atoms with van der Waals surface area (Å²) in [5, 5.41) is 17.5. The molecular formula is C26H31N7O4S2. The van der Waals surface area contributed by atoms with Gasteiger partial charge in [0.1, 0.15) is 5.82 Å². The average Bonchev–Trinajstić information content (AvgIpc) is 3.62. The van der Waals surface area contributed by atoms with E-state index in [1.54, 1.807) is 30.3 Å². The van der Waals surface area contributed by atoms with Crippen LogP contribution in [0.25, 0.3) is 16.8 Å². The Morgan fingerprint density at radius 3 is 2.56 bits per heavy atom. The third-order valence-corrected chi connectivity index (χ3v) is 10.7. The van der Waals surface area contributed by atoms with E-state index in [9.17, 15) is 16.8 Å². The number of nitrogens with zero attached hydrogens (tertiary/aromatic N) is 6. The van der Waals surface area contributed by atoms with Crippen molar-refractivity contribution >= 4 is 36.9 Å². The molecule has 0 aliphatic heterocycles. The van der Waals surface area contributed by atoms with Crippen molar-refractivity contribution in [1.29, 1.82) is 5.26 Å². The Bertz CT molecular complexity index is 1750. The lowest BCUT2D eigenvalue weighted by molar-refractivity contribution is 0.449. The van der Waals surface area contributed by atoms with Crippen LogP contribution in [0.3, 0.4) is 0 Å². The molecule has 3 atom stereocenters. The first-order valence-corrected chi connectivity index (χ1v) is 16.1. The van der Waals surface area contributed by atoms with Crippen LogP contribution in [0.2, 0.25) is 0 Å². The fraction of sp³-hybridized carbons (Fsp3) is 0.462. The van der Waals surface area contributed by atoms with E-state index in [-0.39, 0.29) is 34.2 Å². The molecule has 0 saturated heterocycles. The molecule has 5 rings (SSSR count). The van der Waals surface area contributed by atoms with Gasteiger partial charge in [0.05, 0.1) is 28.4 Å². The van der Waals surface area contributed by atoms with Crippen molar-refractivity contribution in [3.05, 3.63) is 54.1 Å². The fourth-order valence-electron chi connectivity index (χ4n) is 5.51. The van der Waals surface area contributed by atoms with Gasteiger partial charge in [-0.25, -0.2) is 30.5 Å². The number of hydrogen-bond donors (Lipinski definition) is 1. The van der Waals surface area contributed by atoms with Crippen LogP contribution in [0.15, 0.2) is 47.6 Å². The summed E-state index contributed by atoms with van der Waals surface area (Å²) in [6.07, 6.45) is 6.40. The highest BCUT2D eigenvalue weighted by molar-refractivity contribution is 7.90. The minimum atomic E-state index is -3.87. The van der Waals surface area contributed by atoms with Crippen molar-refractivity contribution in [3.63, 3.8) is 0 Å². The second kappa shape index (κ2) is 10.7. The normalized spacial score (nSPS) is 20.1. The number of benzene rings is 1. The molecule has 4 aromatic rings. The molecule has 0 radical (unpaired) electrons. The Balaban J connectivity index is 1.46. The molecule has 1 aliphatic carbocycles. The van der Waals surface area contributed by atoms with Gasteiger partial charge in [0, 0.05) is 24.6 Å². The summed E-state index contributed by atoms with van der Waals surface area (Å²) in [5.74, 6) is 0.769. The molecule has 1 saturated carbocycles. The van der Waals surface area contributed by atoms with E-state index in [0.29, 0.717) is 49.1 Å². The first kappa shape index (κ1) is 27.2. The predicted molar refractivity (Wildman–Crippen MR) is 146 cm³/mol. The van der Waals surface area contributed by atoms with E-state index in [1.807, 2.05) is 17.4 Å². The summed E-state index contributed by atoms with van der Waals surface area (Å²) in [6, 6.07) is 10.2. The van der Waals surface area contributed by atoms with Gasteiger partial charge in [0.2, 0.25) is 10.0 Å². The number of aromatic nitrogens is 5. The van der Waals surface area contributed by atoms with Crippen LogP contribution >= 0.6 is 0 Å². The second-order valence-electron chi connectivity index (χ2n) is 10.1. The summed E-state index contributed by atoms with van der Waals surface area (Å²) < 4.78 is 58.0. The molecule has 1 aromatic carbocycles. The van der Waals surface area contributed by atoms with Crippen LogP contribution in [-0.4, -0.2) is 52.2 Å². The van der Waals surface area contributed by atoms with Crippen molar-refractivity contribution in [2.75, 3.05) is 5.75 Å². The van der Waals surface area contributed by atoms with Gasteiger partial charge >= 0.3 is 0 Å². The summed E-state index contributed by atoms with van der Waals surface area (Å²) >= 11 is 0. The SMILES string of the molecule is CC[C@@H]1C[C@H](NS(=O)(=O)CCCCC#N)C[C@@H]1c1nnc2cnc3c(ccn3S(=O)(=O)c3ccc(C)cc3)n12. The number of unbranched alkanes of at least 4 members (excludes halogenated alkanes) is 2. The third-order valence-electron chi connectivity index (χ3n) is 7.49. The highest BCUT2D eigenvalue weighted by atomic mass is 32.2. The molecule has 1 N–H and O–H groups in total. The number of hydrogen-bond acceptors (Lipinski definition) is 8. The van der Waals surface area contributed by atoms with Gasteiger partial charge in [-0.2, -0.15) is 5.26 Å². The van der Waals surface area contributed by atoms with Crippen LogP contribution in [0.1, 0.15) is 62.8 Å². The lowest BCUT2D eigenvalue weighted by atomic mass is 9.93. The van der Waals surface area contributed by atoms with Crippen molar-refractivity contribution in [3.8, 4) is 6.07 Å². The van der Waals surface area contributed by atoms with E-state index in [4.69, 9.17) is 5.26 Å². The zero-order chi connectivity index (χ0) is 27.8. The van der Waals surface area contributed by atoms with E-state index >= 15 is 0 Å². The average molecular weight is 570 g/mol.